The largest absolute Gasteiger partial charge is 0.496 e. The van der Waals surface area contributed by atoms with E-state index in [2.05, 4.69) is 10.0 Å². The highest BCUT2D eigenvalue weighted by Crippen LogP contribution is 2.43. The molecule has 39 heavy (non-hydrogen) atoms. The first-order chi connectivity index (χ1) is 18.6. The Morgan fingerprint density at radius 3 is 2.72 bits per heavy atom. The molecule has 206 valence electrons. The monoisotopic (exact) mass is 536 g/mol. The molecule has 1 aromatic heterocycles. The summed E-state index contributed by atoms with van der Waals surface area (Å²) in [6.07, 6.45) is -1.84. The van der Waals surface area contributed by atoms with Crippen molar-refractivity contribution in [3.05, 3.63) is 56.6 Å². The van der Waals surface area contributed by atoms with Crippen LogP contribution >= 0.6 is 0 Å². The Hall–Kier alpha value is -3.79. The van der Waals surface area contributed by atoms with Gasteiger partial charge in [-0.1, -0.05) is 17.2 Å². The standard InChI is InChI=1S/C28H32N4O7/c1-14-27(37-15(2)33)18(30-31-29)12-23(36-14)38-22-11-17-20(39-28(22,3)4)13-21(35-6)24-25(17)32(5)19-10-8-7-9-16(19)26(24)34/h7-10,13-14,18,22-23,27H,11-12H2,1-6H3/t14-,18?,22+,23+,27-/m0/s1. The molecule has 2 aliphatic heterocycles. The van der Waals surface area contributed by atoms with Crippen molar-refractivity contribution in [1.29, 1.82) is 0 Å². The van der Waals surface area contributed by atoms with Gasteiger partial charge < -0.3 is 28.3 Å². The molecular formula is C28H32N4O7. The van der Waals surface area contributed by atoms with Crippen LogP contribution in [0.2, 0.25) is 0 Å². The number of pyridine rings is 1. The fourth-order valence-corrected chi connectivity index (χ4v) is 5.74. The number of azide groups is 1. The number of hydrogen-bond acceptors (Lipinski definition) is 8. The fourth-order valence-electron chi connectivity index (χ4n) is 5.74. The van der Waals surface area contributed by atoms with E-state index >= 15 is 0 Å². The summed E-state index contributed by atoms with van der Waals surface area (Å²) in [5.74, 6) is 0.588. The van der Waals surface area contributed by atoms with Gasteiger partial charge in [-0.05, 0) is 38.4 Å². The lowest BCUT2D eigenvalue weighted by Crippen LogP contribution is -2.54. The molecule has 0 bridgehead atoms. The van der Waals surface area contributed by atoms with Gasteiger partial charge in [0, 0.05) is 48.7 Å². The summed E-state index contributed by atoms with van der Waals surface area (Å²) in [6, 6.07) is 8.59. The minimum Gasteiger partial charge on any atom is -0.496 e. The maximum absolute atomic E-state index is 13.6. The number of para-hydroxylation sites is 1. The van der Waals surface area contributed by atoms with Crippen LogP contribution in [0.3, 0.4) is 0 Å². The minimum absolute atomic E-state index is 0.112. The van der Waals surface area contributed by atoms with Crippen LogP contribution in [0.25, 0.3) is 32.2 Å². The number of carbonyl (C=O) groups excluding carboxylic acids is 1. The van der Waals surface area contributed by atoms with Crippen molar-refractivity contribution in [2.75, 3.05) is 7.11 Å². The molecule has 2 aliphatic rings. The molecular weight excluding hydrogens is 504 g/mol. The lowest BCUT2D eigenvalue weighted by Gasteiger charge is -2.44. The first-order valence-corrected chi connectivity index (χ1v) is 12.9. The Morgan fingerprint density at radius 1 is 1.28 bits per heavy atom. The van der Waals surface area contributed by atoms with Crippen LogP contribution in [-0.2, 0) is 32.5 Å². The molecule has 0 N–H and O–H groups in total. The minimum atomic E-state index is -0.769. The van der Waals surface area contributed by atoms with Crippen molar-refractivity contribution in [2.45, 2.75) is 76.8 Å². The van der Waals surface area contributed by atoms with E-state index in [9.17, 15) is 9.59 Å². The summed E-state index contributed by atoms with van der Waals surface area (Å²) in [5.41, 5.74) is 10.6. The third kappa shape index (κ3) is 4.67. The Labute approximate surface area is 225 Å². The van der Waals surface area contributed by atoms with E-state index in [-0.39, 0.29) is 11.8 Å². The van der Waals surface area contributed by atoms with Crippen LogP contribution < -0.4 is 14.9 Å². The molecule has 5 rings (SSSR count). The second kappa shape index (κ2) is 10.1. The quantitative estimate of drug-likeness (QED) is 0.154. The molecule has 0 radical (unpaired) electrons. The highest BCUT2D eigenvalue weighted by atomic mass is 16.7. The maximum atomic E-state index is 13.6. The lowest BCUT2D eigenvalue weighted by atomic mass is 9.88. The molecule has 1 fully saturated rings. The number of aryl methyl sites for hydroxylation is 1. The molecule has 1 saturated heterocycles. The van der Waals surface area contributed by atoms with Gasteiger partial charge in [0.25, 0.3) is 0 Å². The number of nitrogens with zero attached hydrogens (tertiary/aromatic N) is 4. The van der Waals surface area contributed by atoms with E-state index in [1.165, 1.54) is 6.92 Å². The van der Waals surface area contributed by atoms with Gasteiger partial charge in [0.15, 0.2) is 6.29 Å². The topological polar surface area (TPSA) is 134 Å². The van der Waals surface area contributed by atoms with E-state index in [0.717, 1.165) is 16.6 Å². The van der Waals surface area contributed by atoms with Gasteiger partial charge in [0.1, 0.15) is 29.3 Å². The van der Waals surface area contributed by atoms with Crippen molar-refractivity contribution in [2.24, 2.45) is 12.2 Å². The Kier molecular flexibility index (Phi) is 6.92. The molecule has 3 heterocycles. The predicted octanol–water partition coefficient (Wildman–Crippen LogP) is 4.54. The van der Waals surface area contributed by atoms with Crippen LogP contribution in [0, 0.1) is 0 Å². The number of methoxy groups -OCH3 is 1. The van der Waals surface area contributed by atoms with Gasteiger partial charge in [0.05, 0.1) is 35.7 Å². The summed E-state index contributed by atoms with van der Waals surface area (Å²) < 4.78 is 32.1. The predicted molar refractivity (Wildman–Crippen MR) is 144 cm³/mol. The lowest BCUT2D eigenvalue weighted by molar-refractivity contribution is -0.261. The number of fused-ring (bicyclic) bond motifs is 4. The zero-order valence-corrected chi connectivity index (χ0v) is 22.8. The molecule has 11 nitrogen and oxygen atoms in total. The third-order valence-electron chi connectivity index (χ3n) is 7.62. The molecule has 0 amide bonds. The molecule has 1 unspecified atom stereocenters. The van der Waals surface area contributed by atoms with Crippen LogP contribution in [0.15, 0.2) is 40.2 Å². The number of ether oxygens (including phenoxy) is 5. The van der Waals surface area contributed by atoms with Crippen molar-refractivity contribution in [3.63, 3.8) is 0 Å². The molecule has 0 aliphatic carbocycles. The van der Waals surface area contributed by atoms with Crippen LogP contribution in [0.4, 0.5) is 0 Å². The molecule has 3 aromatic rings. The van der Waals surface area contributed by atoms with Gasteiger partial charge in [-0.25, -0.2) is 0 Å². The summed E-state index contributed by atoms with van der Waals surface area (Å²) >= 11 is 0. The maximum Gasteiger partial charge on any atom is 0.303 e. The normalized spacial score (nSPS) is 25.8. The zero-order chi connectivity index (χ0) is 28.1. The third-order valence-corrected chi connectivity index (χ3v) is 7.62. The summed E-state index contributed by atoms with van der Waals surface area (Å²) in [4.78, 5) is 28.1. The number of hydrogen-bond donors (Lipinski definition) is 0. The van der Waals surface area contributed by atoms with Crippen molar-refractivity contribution in [1.82, 2.24) is 4.57 Å². The smallest absolute Gasteiger partial charge is 0.303 e. The average Bonchev–Trinajstić information content (AvgIpc) is 2.88. The van der Waals surface area contributed by atoms with Crippen molar-refractivity contribution >= 4 is 27.8 Å². The van der Waals surface area contributed by atoms with E-state index in [1.807, 2.05) is 49.7 Å². The van der Waals surface area contributed by atoms with E-state index < -0.39 is 42.2 Å². The van der Waals surface area contributed by atoms with E-state index in [4.69, 9.17) is 29.2 Å². The molecule has 2 aromatic carbocycles. The van der Waals surface area contributed by atoms with Crippen LogP contribution in [0.1, 0.15) is 39.7 Å². The number of carbonyl (C=O) groups is 1. The first kappa shape index (κ1) is 26.8. The van der Waals surface area contributed by atoms with Crippen molar-refractivity contribution in [3.8, 4) is 11.5 Å². The Morgan fingerprint density at radius 2 is 2.03 bits per heavy atom. The Bertz CT molecular complexity index is 1560. The second-order valence-corrected chi connectivity index (χ2v) is 10.6. The van der Waals surface area contributed by atoms with Gasteiger partial charge in [-0.3, -0.25) is 9.59 Å². The van der Waals surface area contributed by atoms with Gasteiger partial charge >= 0.3 is 5.97 Å². The summed E-state index contributed by atoms with van der Waals surface area (Å²) in [6.45, 7) is 6.91. The number of aromatic nitrogens is 1. The van der Waals surface area contributed by atoms with Gasteiger partial charge in [-0.2, -0.15) is 0 Å². The van der Waals surface area contributed by atoms with Crippen LogP contribution in [0.5, 0.6) is 11.5 Å². The first-order valence-electron chi connectivity index (χ1n) is 12.9. The number of esters is 1. The SMILES string of the molecule is COc1cc2c(c3c1c(=O)c1ccccc1n3C)C[C@@H](O[C@@H]1CC(N=[N+]=[N-])[C@@H](OC(C)=O)[C@H](C)O1)C(C)(C)O2. The molecule has 0 spiro atoms. The van der Waals surface area contributed by atoms with Crippen LogP contribution in [-0.4, -0.2) is 53.9 Å². The van der Waals surface area contributed by atoms with Gasteiger partial charge in [0.2, 0.25) is 5.43 Å². The van der Waals surface area contributed by atoms with E-state index in [1.54, 1.807) is 20.1 Å². The molecule has 5 atom stereocenters. The van der Waals surface area contributed by atoms with E-state index in [0.29, 0.717) is 28.7 Å². The van der Waals surface area contributed by atoms with Gasteiger partial charge in [-0.15, -0.1) is 0 Å². The Balaban J connectivity index is 1.55. The molecule has 11 heteroatoms. The average molecular weight is 537 g/mol. The molecule has 0 saturated carbocycles. The highest BCUT2D eigenvalue weighted by Gasteiger charge is 2.45. The second-order valence-electron chi connectivity index (χ2n) is 10.6. The summed E-state index contributed by atoms with van der Waals surface area (Å²) in [5, 5.41) is 4.94. The fraction of sp³-hybridized carbons (Fsp3) is 0.500. The summed E-state index contributed by atoms with van der Waals surface area (Å²) in [7, 11) is 3.46. The van der Waals surface area contributed by atoms with Crippen molar-refractivity contribution < 1.29 is 28.5 Å². The number of rotatable bonds is 5. The number of benzene rings is 2. The zero-order valence-electron chi connectivity index (χ0n) is 22.8. The highest BCUT2D eigenvalue weighted by molar-refractivity contribution is 5.99.